The maximum Gasteiger partial charge on any atom is 0.260 e. The number of rotatable bonds is 7. The molecule has 0 aliphatic carbocycles. The highest BCUT2D eigenvalue weighted by Gasteiger charge is 2.22. The predicted octanol–water partition coefficient (Wildman–Crippen LogP) is 4.07. The highest BCUT2D eigenvalue weighted by atomic mass is 32.1. The lowest BCUT2D eigenvalue weighted by atomic mass is 10.1. The van der Waals surface area contributed by atoms with Gasteiger partial charge in [0.05, 0.1) is 35.5 Å². The largest absolute Gasteiger partial charge is 0.377 e. The van der Waals surface area contributed by atoms with Crippen molar-refractivity contribution in [3.8, 4) is 11.1 Å². The fourth-order valence-corrected chi connectivity index (χ4v) is 5.76. The molecule has 3 aromatic heterocycles. The standard InChI is InChI=1S/C27H25N5O3S/c33-25-19-10-4-5-11-21(19)28-22(29-25)14-32(13-18-9-6-12-35-18)15-23-30-26(34)24-20(16-36-27(24)31-23)17-7-2-1-3-8-17/h1-5,7-8,10-11,16,18H,6,9,12-15H2,(H,28,29,33)(H,30,31,34)/t18-/m0/s1. The number of hydrogen-bond donors (Lipinski definition) is 2. The second kappa shape index (κ2) is 9.77. The van der Waals surface area contributed by atoms with Crippen molar-refractivity contribution in [2.75, 3.05) is 13.2 Å². The van der Waals surface area contributed by atoms with Crippen molar-refractivity contribution in [3.63, 3.8) is 0 Å². The summed E-state index contributed by atoms with van der Waals surface area (Å²) in [4.78, 5) is 43.9. The molecule has 6 rings (SSSR count). The first-order valence-corrected chi connectivity index (χ1v) is 12.9. The monoisotopic (exact) mass is 499 g/mol. The molecule has 2 aromatic carbocycles. The molecule has 1 aliphatic rings. The van der Waals surface area contributed by atoms with Gasteiger partial charge in [-0.05, 0) is 30.5 Å². The van der Waals surface area contributed by atoms with Crippen LogP contribution in [0.5, 0.6) is 0 Å². The maximum atomic E-state index is 13.1. The molecular weight excluding hydrogens is 474 g/mol. The van der Waals surface area contributed by atoms with E-state index in [0.29, 0.717) is 52.4 Å². The average molecular weight is 500 g/mol. The van der Waals surface area contributed by atoms with Crippen LogP contribution in [0.25, 0.3) is 32.2 Å². The quantitative estimate of drug-likeness (QED) is 0.350. The van der Waals surface area contributed by atoms with Crippen molar-refractivity contribution in [2.45, 2.75) is 32.0 Å². The zero-order valence-electron chi connectivity index (χ0n) is 19.6. The first-order chi connectivity index (χ1) is 17.6. The molecule has 4 heterocycles. The molecule has 1 atom stereocenters. The fraction of sp³-hybridized carbons (Fsp3) is 0.259. The van der Waals surface area contributed by atoms with E-state index in [2.05, 4.69) is 19.9 Å². The Morgan fingerprint density at radius 1 is 0.944 bits per heavy atom. The number of benzene rings is 2. The minimum Gasteiger partial charge on any atom is -0.377 e. The molecule has 1 fully saturated rings. The van der Waals surface area contributed by atoms with Crippen LogP contribution in [0.1, 0.15) is 24.5 Å². The molecule has 0 saturated carbocycles. The molecule has 36 heavy (non-hydrogen) atoms. The van der Waals surface area contributed by atoms with E-state index in [1.807, 2.05) is 53.9 Å². The van der Waals surface area contributed by atoms with Gasteiger partial charge in [-0.25, -0.2) is 9.97 Å². The van der Waals surface area contributed by atoms with Gasteiger partial charge in [-0.2, -0.15) is 0 Å². The predicted molar refractivity (Wildman–Crippen MR) is 141 cm³/mol. The zero-order chi connectivity index (χ0) is 24.5. The molecule has 5 aromatic rings. The van der Waals surface area contributed by atoms with Crippen LogP contribution in [-0.4, -0.2) is 44.1 Å². The Morgan fingerprint density at radius 3 is 2.50 bits per heavy atom. The number of ether oxygens (including phenoxy) is 1. The Bertz CT molecular complexity index is 1640. The smallest absolute Gasteiger partial charge is 0.260 e. The van der Waals surface area contributed by atoms with Gasteiger partial charge in [0.2, 0.25) is 0 Å². The lowest BCUT2D eigenvalue weighted by molar-refractivity contribution is 0.0661. The third-order valence-corrected chi connectivity index (χ3v) is 7.34. The van der Waals surface area contributed by atoms with Crippen LogP contribution in [-0.2, 0) is 17.8 Å². The van der Waals surface area contributed by atoms with Gasteiger partial charge in [-0.3, -0.25) is 14.5 Å². The van der Waals surface area contributed by atoms with Crippen molar-refractivity contribution in [2.24, 2.45) is 0 Å². The number of nitrogens with one attached hydrogen (secondary N) is 2. The van der Waals surface area contributed by atoms with Gasteiger partial charge >= 0.3 is 0 Å². The molecule has 8 nitrogen and oxygen atoms in total. The molecule has 9 heteroatoms. The number of para-hydroxylation sites is 1. The summed E-state index contributed by atoms with van der Waals surface area (Å²) in [5.41, 5.74) is 2.24. The number of thiophene rings is 1. The highest BCUT2D eigenvalue weighted by Crippen LogP contribution is 2.30. The van der Waals surface area contributed by atoms with E-state index in [4.69, 9.17) is 9.72 Å². The Balaban J connectivity index is 1.32. The van der Waals surface area contributed by atoms with E-state index in [-0.39, 0.29) is 17.2 Å². The van der Waals surface area contributed by atoms with Gasteiger partial charge in [0.1, 0.15) is 16.5 Å². The maximum absolute atomic E-state index is 13.1. The Hall–Kier alpha value is -3.66. The van der Waals surface area contributed by atoms with E-state index in [9.17, 15) is 9.59 Å². The van der Waals surface area contributed by atoms with Crippen LogP contribution >= 0.6 is 11.3 Å². The molecule has 0 amide bonds. The normalized spacial score (nSPS) is 15.9. The summed E-state index contributed by atoms with van der Waals surface area (Å²) < 4.78 is 5.87. The summed E-state index contributed by atoms with van der Waals surface area (Å²) >= 11 is 1.47. The summed E-state index contributed by atoms with van der Waals surface area (Å²) in [5, 5.41) is 3.16. The molecular formula is C27H25N5O3S. The van der Waals surface area contributed by atoms with E-state index in [1.165, 1.54) is 11.3 Å². The van der Waals surface area contributed by atoms with Crippen LogP contribution < -0.4 is 11.1 Å². The van der Waals surface area contributed by atoms with Gasteiger partial charge in [0.25, 0.3) is 11.1 Å². The molecule has 0 unspecified atom stereocenters. The summed E-state index contributed by atoms with van der Waals surface area (Å²) in [6.07, 6.45) is 2.10. The number of H-pyrrole nitrogens is 2. The average Bonchev–Trinajstić information content (AvgIpc) is 3.55. The molecule has 1 aliphatic heterocycles. The first-order valence-electron chi connectivity index (χ1n) is 12.0. The number of fused-ring (bicyclic) bond motifs is 2. The van der Waals surface area contributed by atoms with Gasteiger partial charge in [0.15, 0.2) is 0 Å². The van der Waals surface area contributed by atoms with Gasteiger partial charge in [0, 0.05) is 24.1 Å². The summed E-state index contributed by atoms with van der Waals surface area (Å²) in [6.45, 7) is 2.21. The third-order valence-electron chi connectivity index (χ3n) is 6.47. The number of aromatic nitrogens is 4. The summed E-state index contributed by atoms with van der Waals surface area (Å²) in [5.74, 6) is 1.15. The Kier molecular flexibility index (Phi) is 6.18. The van der Waals surface area contributed by atoms with Crippen molar-refractivity contribution >= 4 is 32.5 Å². The van der Waals surface area contributed by atoms with Crippen LogP contribution in [0.15, 0.2) is 69.6 Å². The zero-order valence-corrected chi connectivity index (χ0v) is 20.4. The van der Waals surface area contributed by atoms with Gasteiger partial charge in [-0.1, -0.05) is 42.5 Å². The van der Waals surface area contributed by atoms with Crippen LogP contribution in [0.3, 0.4) is 0 Å². The highest BCUT2D eigenvalue weighted by molar-refractivity contribution is 7.17. The van der Waals surface area contributed by atoms with Crippen LogP contribution in [0, 0.1) is 0 Å². The Morgan fingerprint density at radius 2 is 1.69 bits per heavy atom. The summed E-state index contributed by atoms with van der Waals surface area (Å²) in [7, 11) is 0. The van der Waals surface area contributed by atoms with Crippen LogP contribution in [0.4, 0.5) is 0 Å². The molecule has 182 valence electrons. The van der Waals surface area contributed by atoms with Crippen molar-refractivity contribution < 1.29 is 4.74 Å². The van der Waals surface area contributed by atoms with Gasteiger partial charge in [-0.15, -0.1) is 11.3 Å². The molecule has 0 bridgehead atoms. The fourth-order valence-electron chi connectivity index (χ4n) is 4.79. The van der Waals surface area contributed by atoms with E-state index < -0.39 is 0 Å². The molecule has 1 saturated heterocycles. The van der Waals surface area contributed by atoms with Gasteiger partial charge < -0.3 is 14.7 Å². The summed E-state index contributed by atoms with van der Waals surface area (Å²) in [6, 6.07) is 17.2. The van der Waals surface area contributed by atoms with E-state index >= 15 is 0 Å². The lowest BCUT2D eigenvalue weighted by Crippen LogP contribution is -2.34. The molecule has 0 spiro atoms. The molecule has 0 radical (unpaired) electrons. The van der Waals surface area contributed by atoms with E-state index in [1.54, 1.807) is 6.07 Å². The van der Waals surface area contributed by atoms with Crippen molar-refractivity contribution in [1.82, 2.24) is 24.8 Å². The number of hydrogen-bond acceptors (Lipinski definition) is 7. The van der Waals surface area contributed by atoms with Crippen LogP contribution in [0.2, 0.25) is 0 Å². The van der Waals surface area contributed by atoms with Crippen molar-refractivity contribution in [1.29, 1.82) is 0 Å². The molecule has 2 N–H and O–H groups in total. The number of nitrogens with zero attached hydrogens (tertiary/aromatic N) is 3. The topological polar surface area (TPSA) is 104 Å². The SMILES string of the molecule is O=c1[nH]c(CN(Cc2nc3scc(-c4ccccc4)c3c(=O)[nH]2)C[C@@H]2CCCO2)nc2ccccc12. The van der Waals surface area contributed by atoms with Crippen molar-refractivity contribution in [3.05, 3.63) is 92.3 Å². The first kappa shape index (κ1) is 22.8. The minimum atomic E-state index is -0.160. The second-order valence-corrected chi connectivity index (χ2v) is 9.90. The third kappa shape index (κ3) is 4.60. The lowest BCUT2D eigenvalue weighted by Gasteiger charge is -2.24. The Labute approximate surface area is 210 Å². The minimum absolute atomic E-state index is 0.0963. The van der Waals surface area contributed by atoms with E-state index in [0.717, 1.165) is 30.6 Å². The number of aromatic amines is 2. The second-order valence-electron chi connectivity index (χ2n) is 9.04.